The zero-order valence-electron chi connectivity index (χ0n) is 15.6. The lowest BCUT2D eigenvalue weighted by molar-refractivity contribution is 0.261. The van der Waals surface area contributed by atoms with Crippen LogP contribution in [0.15, 0.2) is 46.9 Å². The first kappa shape index (κ1) is 18.4. The zero-order chi connectivity index (χ0) is 19.2. The van der Waals surface area contributed by atoms with E-state index < -0.39 is 6.03 Å². The van der Waals surface area contributed by atoms with E-state index >= 15 is 0 Å². The van der Waals surface area contributed by atoms with Gasteiger partial charge in [0, 0.05) is 5.69 Å². The second-order valence-corrected chi connectivity index (χ2v) is 6.14. The Kier molecular flexibility index (Phi) is 5.71. The molecule has 0 unspecified atom stereocenters. The van der Waals surface area contributed by atoms with Crippen LogP contribution >= 0.6 is 0 Å². The lowest BCUT2D eigenvalue weighted by Gasteiger charge is -2.06. The standard InChI is InChI=1S/C20H22N4O3/c1-4-26-17-9-7-16(8-10-17)21-19(25)22-20-24-23-18(27-20)12-15-6-5-13(2)11-14(15)3/h5-11H,4,12H2,1-3H3,(H2,21,22,24,25). The molecule has 2 N–H and O–H groups in total. The monoisotopic (exact) mass is 366 g/mol. The summed E-state index contributed by atoms with van der Waals surface area (Å²) in [6.07, 6.45) is 0.515. The average Bonchev–Trinajstić information content (AvgIpc) is 3.06. The maximum absolute atomic E-state index is 12.1. The molecular weight excluding hydrogens is 344 g/mol. The van der Waals surface area contributed by atoms with Crippen LogP contribution in [-0.2, 0) is 6.42 Å². The van der Waals surface area contributed by atoms with Gasteiger partial charge in [-0.15, -0.1) is 5.10 Å². The smallest absolute Gasteiger partial charge is 0.327 e. The molecule has 3 rings (SSSR count). The fourth-order valence-electron chi connectivity index (χ4n) is 2.64. The van der Waals surface area contributed by atoms with Gasteiger partial charge in [-0.1, -0.05) is 28.9 Å². The Hall–Kier alpha value is -3.35. The number of benzene rings is 2. The summed E-state index contributed by atoms with van der Waals surface area (Å²) in [4.78, 5) is 12.1. The average molecular weight is 366 g/mol. The van der Waals surface area contributed by atoms with Gasteiger partial charge in [0.05, 0.1) is 13.0 Å². The second kappa shape index (κ2) is 8.35. The van der Waals surface area contributed by atoms with Crippen LogP contribution in [0.5, 0.6) is 5.75 Å². The van der Waals surface area contributed by atoms with Gasteiger partial charge in [-0.3, -0.25) is 5.32 Å². The third-order valence-electron chi connectivity index (χ3n) is 3.95. The molecule has 0 aliphatic rings. The highest BCUT2D eigenvalue weighted by atomic mass is 16.5. The first-order valence-electron chi connectivity index (χ1n) is 8.73. The number of carbonyl (C=O) groups excluding carboxylic acids is 1. The van der Waals surface area contributed by atoms with Crippen molar-refractivity contribution in [2.45, 2.75) is 27.2 Å². The minimum atomic E-state index is -0.458. The van der Waals surface area contributed by atoms with E-state index in [0.717, 1.165) is 16.9 Å². The molecule has 0 bridgehead atoms. The molecule has 2 aromatic carbocycles. The highest BCUT2D eigenvalue weighted by molar-refractivity contribution is 5.98. The molecule has 140 valence electrons. The molecule has 0 atom stereocenters. The number of nitrogens with one attached hydrogen (secondary N) is 2. The van der Waals surface area contributed by atoms with Crippen LogP contribution in [0.4, 0.5) is 16.5 Å². The third kappa shape index (κ3) is 5.07. The Morgan fingerprint density at radius 3 is 2.56 bits per heavy atom. The highest BCUT2D eigenvalue weighted by Gasteiger charge is 2.11. The summed E-state index contributed by atoms with van der Waals surface area (Å²) < 4.78 is 10.9. The SMILES string of the molecule is CCOc1ccc(NC(=O)Nc2nnc(Cc3ccc(C)cc3C)o2)cc1. The molecule has 7 nitrogen and oxygen atoms in total. The Morgan fingerprint density at radius 2 is 1.85 bits per heavy atom. The van der Waals surface area contributed by atoms with Gasteiger partial charge in [0.25, 0.3) is 0 Å². The van der Waals surface area contributed by atoms with Crippen molar-refractivity contribution in [1.29, 1.82) is 0 Å². The van der Waals surface area contributed by atoms with Gasteiger partial charge in [-0.05, 0) is 56.2 Å². The number of urea groups is 1. The van der Waals surface area contributed by atoms with Gasteiger partial charge in [-0.2, -0.15) is 0 Å². The van der Waals surface area contributed by atoms with Crippen molar-refractivity contribution in [3.05, 3.63) is 65.0 Å². The van der Waals surface area contributed by atoms with Gasteiger partial charge >= 0.3 is 12.0 Å². The van der Waals surface area contributed by atoms with E-state index in [4.69, 9.17) is 9.15 Å². The first-order chi connectivity index (χ1) is 13.0. The molecule has 27 heavy (non-hydrogen) atoms. The molecule has 0 fully saturated rings. The predicted molar refractivity (Wildman–Crippen MR) is 103 cm³/mol. The summed E-state index contributed by atoms with van der Waals surface area (Å²) in [5.74, 6) is 1.19. The molecule has 2 amide bonds. The zero-order valence-corrected chi connectivity index (χ0v) is 15.6. The predicted octanol–water partition coefficient (Wildman–Crippen LogP) is 4.32. The van der Waals surface area contributed by atoms with Crippen molar-refractivity contribution in [2.24, 2.45) is 0 Å². The lowest BCUT2D eigenvalue weighted by Crippen LogP contribution is -2.19. The Balaban J connectivity index is 1.57. The Bertz CT molecular complexity index is 919. The number of nitrogens with zero attached hydrogens (tertiary/aromatic N) is 2. The fourth-order valence-corrected chi connectivity index (χ4v) is 2.64. The number of rotatable bonds is 6. The van der Waals surface area contributed by atoms with E-state index in [1.54, 1.807) is 24.3 Å². The number of carbonyl (C=O) groups is 1. The molecule has 0 saturated heterocycles. The van der Waals surface area contributed by atoms with Crippen LogP contribution < -0.4 is 15.4 Å². The highest BCUT2D eigenvalue weighted by Crippen LogP contribution is 2.18. The van der Waals surface area contributed by atoms with E-state index in [1.165, 1.54) is 5.56 Å². The van der Waals surface area contributed by atoms with Crippen LogP contribution in [0, 0.1) is 13.8 Å². The normalized spacial score (nSPS) is 10.5. The quantitative estimate of drug-likeness (QED) is 0.678. The van der Waals surface area contributed by atoms with Crippen LogP contribution in [0.3, 0.4) is 0 Å². The molecule has 0 aliphatic carbocycles. The maximum Gasteiger partial charge on any atom is 0.327 e. The van der Waals surface area contributed by atoms with E-state index in [0.29, 0.717) is 24.6 Å². The van der Waals surface area contributed by atoms with Crippen molar-refractivity contribution >= 4 is 17.7 Å². The Labute approximate surface area is 157 Å². The number of hydrogen-bond donors (Lipinski definition) is 2. The molecule has 1 heterocycles. The number of anilines is 2. The van der Waals surface area contributed by atoms with Gasteiger partial charge < -0.3 is 14.5 Å². The maximum atomic E-state index is 12.1. The molecule has 0 radical (unpaired) electrons. The summed E-state index contributed by atoms with van der Waals surface area (Å²) in [5.41, 5.74) is 4.10. The molecule has 0 aliphatic heterocycles. The van der Waals surface area contributed by atoms with Crippen LogP contribution in [0.1, 0.15) is 29.5 Å². The van der Waals surface area contributed by atoms with Crippen LogP contribution in [0.2, 0.25) is 0 Å². The van der Waals surface area contributed by atoms with Crippen molar-refractivity contribution < 1.29 is 13.9 Å². The van der Waals surface area contributed by atoms with E-state index in [-0.39, 0.29) is 6.01 Å². The van der Waals surface area contributed by atoms with Crippen molar-refractivity contribution in [2.75, 3.05) is 17.2 Å². The topological polar surface area (TPSA) is 89.3 Å². The molecule has 0 spiro atoms. The number of ether oxygens (including phenoxy) is 1. The van der Waals surface area contributed by atoms with E-state index in [9.17, 15) is 4.79 Å². The van der Waals surface area contributed by atoms with Gasteiger partial charge in [0.1, 0.15) is 5.75 Å². The summed E-state index contributed by atoms with van der Waals surface area (Å²) >= 11 is 0. The van der Waals surface area contributed by atoms with Crippen molar-refractivity contribution in [3.63, 3.8) is 0 Å². The van der Waals surface area contributed by atoms with E-state index in [1.807, 2.05) is 26.0 Å². The third-order valence-corrected chi connectivity index (χ3v) is 3.95. The Morgan fingerprint density at radius 1 is 1.07 bits per heavy atom. The van der Waals surface area contributed by atoms with Gasteiger partial charge in [-0.25, -0.2) is 4.79 Å². The molecule has 0 saturated carbocycles. The molecule has 3 aromatic rings. The second-order valence-electron chi connectivity index (χ2n) is 6.14. The summed E-state index contributed by atoms with van der Waals surface area (Å²) in [6.45, 7) is 6.60. The fraction of sp³-hybridized carbons (Fsp3) is 0.250. The minimum Gasteiger partial charge on any atom is -0.494 e. The summed E-state index contributed by atoms with van der Waals surface area (Å²) in [7, 11) is 0. The van der Waals surface area contributed by atoms with Crippen molar-refractivity contribution in [3.8, 4) is 5.75 Å². The number of aryl methyl sites for hydroxylation is 2. The first-order valence-corrected chi connectivity index (χ1v) is 8.73. The lowest BCUT2D eigenvalue weighted by atomic mass is 10.0. The number of aromatic nitrogens is 2. The molecular formula is C20H22N4O3. The number of amides is 2. The van der Waals surface area contributed by atoms with Gasteiger partial charge in [0.15, 0.2) is 0 Å². The number of hydrogen-bond acceptors (Lipinski definition) is 5. The van der Waals surface area contributed by atoms with Crippen molar-refractivity contribution in [1.82, 2.24) is 10.2 Å². The minimum absolute atomic E-state index is 0.0539. The summed E-state index contributed by atoms with van der Waals surface area (Å²) in [5, 5.41) is 13.1. The van der Waals surface area contributed by atoms with E-state index in [2.05, 4.69) is 33.8 Å². The molecule has 1 aromatic heterocycles. The molecule has 7 heteroatoms. The largest absolute Gasteiger partial charge is 0.494 e. The van der Waals surface area contributed by atoms with Crippen LogP contribution in [0.25, 0.3) is 0 Å². The van der Waals surface area contributed by atoms with Crippen LogP contribution in [-0.4, -0.2) is 22.8 Å². The summed E-state index contributed by atoms with van der Waals surface area (Å²) in [6, 6.07) is 12.9. The van der Waals surface area contributed by atoms with Gasteiger partial charge in [0.2, 0.25) is 5.89 Å².